The smallest absolute Gasteiger partial charge is 0.253 e. The number of carbonyl (C=O) groups excluding carboxylic acids is 2. The van der Waals surface area contributed by atoms with Gasteiger partial charge in [-0.05, 0) is 50.2 Å². The lowest BCUT2D eigenvalue weighted by Gasteiger charge is -2.36. The van der Waals surface area contributed by atoms with Gasteiger partial charge in [-0.25, -0.2) is 0 Å². The number of benzene rings is 2. The van der Waals surface area contributed by atoms with Crippen molar-refractivity contribution >= 4 is 46.3 Å². The number of nitrogens with one attached hydrogen (secondary N) is 1. The number of anilines is 2. The van der Waals surface area contributed by atoms with Crippen LogP contribution in [0.25, 0.3) is 0 Å². The maximum Gasteiger partial charge on any atom is 0.253 e. The van der Waals surface area contributed by atoms with Crippen molar-refractivity contribution in [2.75, 3.05) is 42.1 Å². The molecule has 3 aromatic rings. The second-order valence-corrected chi connectivity index (χ2v) is 10.0. The Morgan fingerprint density at radius 3 is 2.44 bits per heavy atom. The van der Waals surface area contributed by atoms with E-state index in [0.717, 1.165) is 44.9 Å². The van der Waals surface area contributed by atoms with Crippen LogP contribution in [-0.2, 0) is 4.79 Å². The number of rotatable bonds is 6. The molecule has 0 spiro atoms. The van der Waals surface area contributed by atoms with E-state index in [1.165, 1.54) is 23.1 Å². The summed E-state index contributed by atoms with van der Waals surface area (Å²) in [5.74, 6) is 0.319. The second kappa shape index (κ2) is 10.1. The molecule has 1 saturated heterocycles. The summed E-state index contributed by atoms with van der Waals surface area (Å²) >= 11 is 2.87. The Kier molecular flexibility index (Phi) is 7.06. The first-order valence-electron chi connectivity index (χ1n) is 10.4. The number of amides is 2. The van der Waals surface area contributed by atoms with Gasteiger partial charge in [0.25, 0.3) is 5.91 Å². The van der Waals surface area contributed by atoms with Gasteiger partial charge < -0.3 is 15.1 Å². The van der Waals surface area contributed by atoms with Gasteiger partial charge in [0.05, 0.1) is 5.75 Å². The van der Waals surface area contributed by atoms with Gasteiger partial charge in [-0.2, -0.15) is 0 Å². The van der Waals surface area contributed by atoms with Gasteiger partial charge in [0.1, 0.15) is 5.01 Å². The van der Waals surface area contributed by atoms with Crippen LogP contribution in [0.3, 0.4) is 0 Å². The molecule has 1 aliphatic heterocycles. The van der Waals surface area contributed by atoms with E-state index in [1.807, 2.05) is 67.3 Å². The molecular weight excluding hydrogens is 442 g/mol. The first-order valence-corrected chi connectivity index (χ1v) is 12.2. The summed E-state index contributed by atoms with van der Waals surface area (Å²) in [5.41, 5.74) is 3.69. The molecule has 2 amide bonds. The molecule has 4 rings (SSSR count). The van der Waals surface area contributed by atoms with Crippen LogP contribution in [0.1, 0.15) is 20.9 Å². The second-order valence-electron chi connectivity index (χ2n) is 7.62. The maximum absolute atomic E-state index is 12.7. The molecule has 1 fully saturated rings. The predicted octanol–water partition coefficient (Wildman–Crippen LogP) is 3.85. The van der Waals surface area contributed by atoms with Gasteiger partial charge in [-0.3, -0.25) is 9.59 Å². The van der Waals surface area contributed by atoms with Crippen LogP contribution in [0.5, 0.6) is 0 Å². The van der Waals surface area contributed by atoms with E-state index in [9.17, 15) is 9.59 Å². The van der Waals surface area contributed by atoms with E-state index in [-0.39, 0.29) is 11.8 Å². The Bertz CT molecular complexity index is 1090. The fraction of sp³-hybridized carbons (Fsp3) is 0.304. The van der Waals surface area contributed by atoms with E-state index in [2.05, 4.69) is 20.4 Å². The van der Waals surface area contributed by atoms with E-state index in [1.54, 1.807) is 0 Å². The fourth-order valence-corrected chi connectivity index (χ4v) is 5.16. The SMILES string of the molecule is Cc1cccc(C(=O)N2CCN(c3ccc(NC(=O)CSc4nnc(C)s4)cc3)CC2)c1. The molecule has 0 aliphatic carbocycles. The Labute approximate surface area is 195 Å². The Balaban J connectivity index is 1.26. The molecule has 1 aromatic heterocycles. The van der Waals surface area contributed by atoms with Crippen molar-refractivity contribution in [3.8, 4) is 0 Å². The molecule has 2 aromatic carbocycles. The van der Waals surface area contributed by atoms with E-state index < -0.39 is 0 Å². The largest absolute Gasteiger partial charge is 0.368 e. The summed E-state index contributed by atoms with van der Waals surface area (Å²) in [6, 6.07) is 15.6. The van der Waals surface area contributed by atoms with Crippen molar-refractivity contribution < 1.29 is 9.59 Å². The van der Waals surface area contributed by atoms with Crippen LogP contribution in [0, 0.1) is 13.8 Å². The molecule has 0 bridgehead atoms. The third-order valence-corrected chi connectivity index (χ3v) is 7.15. The standard InChI is InChI=1S/C23H25N5O2S2/c1-16-4-3-5-18(14-16)22(30)28-12-10-27(11-13-28)20-8-6-19(7-9-20)24-21(29)15-31-23-26-25-17(2)32-23/h3-9,14H,10-13,15H2,1-2H3,(H,24,29). The maximum atomic E-state index is 12.7. The molecule has 1 N–H and O–H groups in total. The number of hydrogen-bond acceptors (Lipinski definition) is 7. The third-order valence-electron chi connectivity index (χ3n) is 5.18. The van der Waals surface area contributed by atoms with Crippen molar-refractivity contribution in [3.63, 3.8) is 0 Å². The third kappa shape index (κ3) is 5.66. The monoisotopic (exact) mass is 467 g/mol. The lowest BCUT2D eigenvalue weighted by Crippen LogP contribution is -2.48. The fourth-order valence-electron chi connectivity index (χ4n) is 3.55. The van der Waals surface area contributed by atoms with Gasteiger partial charge in [0.2, 0.25) is 5.91 Å². The minimum Gasteiger partial charge on any atom is -0.368 e. The van der Waals surface area contributed by atoms with Gasteiger partial charge in [-0.15, -0.1) is 10.2 Å². The van der Waals surface area contributed by atoms with Crippen molar-refractivity contribution in [1.29, 1.82) is 0 Å². The number of aryl methyl sites for hydroxylation is 2. The highest BCUT2D eigenvalue weighted by Crippen LogP contribution is 2.23. The summed E-state index contributed by atoms with van der Waals surface area (Å²) < 4.78 is 0.799. The van der Waals surface area contributed by atoms with Crippen LogP contribution in [0.4, 0.5) is 11.4 Å². The molecule has 0 unspecified atom stereocenters. The van der Waals surface area contributed by atoms with Gasteiger partial charge in [0.15, 0.2) is 4.34 Å². The molecule has 0 saturated carbocycles. The molecule has 166 valence electrons. The lowest BCUT2D eigenvalue weighted by molar-refractivity contribution is -0.113. The molecule has 0 atom stereocenters. The highest BCUT2D eigenvalue weighted by molar-refractivity contribution is 8.01. The summed E-state index contributed by atoms with van der Waals surface area (Å²) in [6.45, 7) is 6.83. The van der Waals surface area contributed by atoms with Crippen LogP contribution in [0.15, 0.2) is 52.9 Å². The van der Waals surface area contributed by atoms with Crippen LogP contribution in [-0.4, -0.2) is 58.8 Å². The van der Waals surface area contributed by atoms with Gasteiger partial charge in [-0.1, -0.05) is 40.8 Å². The topological polar surface area (TPSA) is 78.4 Å². The summed E-state index contributed by atoms with van der Waals surface area (Å²) in [6.07, 6.45) is 0. The average molecular weight is 468 g/mol. The summed E-state index contributed by atoms with van der Waals surface area (Å²) in [4.78, 5) is 29.1. The number of piperazine rings is 1. The molecule has 9 heteroatoms. The lowest BCUT2D eigenvalue weighted by atomic mass is 10.1. The predicted molar refractivity (Wildman–Crippen MR) is 130 cm³/mol. The van der Waals surface area contributed by atoms with E-state index >= 15 is 0 Å². The van der Waals surface area contributed by atoms with Crippen LogP contribution >= 0.6 is 23.1 Å². The van der Waals surface area contributed by atoms with Crippen LogP contribution < -0.4 is 10.2 Å². The van der Waals surface area contributed by atoms with Gasteiger partial charge in [0, 0.05) is 43.1 Å². The molecule has 0 radical (unpaired) electrons. The zero-order chi connectivity index (χ0) is 22.5. The highest BCUT2D eigenvalue weighted by Gasteiger charge is 2.22. The molecule has 7 nitrogen and oxygen atoms in total. The van der Waals surface area contributed by atoms with Gasteiger partial charge >= 0.3 is 0 Å². The summed E-state index contributed by atoms with van der Waals surface area (Å²) in [5, 5.41) is 11.8. The van der Waals surface area contributed by atoms with Crippen LogP contribution in [0.2, 0.25) is 0 Å². The number of carbonyl (C=O) groups is 2. The molecular formula is C23H25N5O2S2. The Morgan fingerprint density at radius 1 is 1.03 bits per heavy atom. The zero-order valence-corrected chi connectivity index (χ0v) is 19.7. The molecule has 2 heterocycles. The molecule has 1 aliphatic rings. The first kappa shape index (κ1) is 22.3. The van der Waals surface area contributed by atoms with Crippen molar-refractivity contribution in [2.24, 2.45) is 0 Å². The van der Waals surface area contributed by atoms with E-state index in [4.69, 9.17) is 0 Å². The Hall–Kier alpha value is -2.91. The zero-order valence-electron chi connectivity index (χ0n) is 18.1. The number of aromatic nitrogens is 2. The van der Waals surface area contributed by atoms with Crippen molar-refractivity contribution in [1.82, 2.24) is 15.1 Å². The average Bonchev–Trinajstić information content (AvgIpc) is 3.23. The number of hydrogen-bond donors (Lipinski definition) is 1. The molecule has 32 heavy (non-hydrogen) atoms. The Morgan fingerprint density at radius 2 is 1.78 bits per heavy atom. The normalized spacial score (nSPS) is 13.8. The minimum atomic E-state index is -0.0705. The van der Waals surface area contributed by atoms with Crippen molar-refractivity contribution in [2.45, 2.75) is 18.2 Å². The number of nitrogens with zero attached hydrogens (tertiary/aromatic N) is 4. The highest BCUT2D eigenvalue weighted by atomic mass is 32.2. The van der Waals surface area contributed by atoms with Crippen molar-refractivity contribution in [3.05, 3.63) is 64.7 Å². The quantitative estimate of drug-likeness (QED) is 0.555. The van der Waals surface area contributed by atoms with E-state index in [0.29, 0.717) is 18.8 Å². The first-order chi connectivity index (χ1) is 15.5. The number of thioether (sulfide) groups is 1. The minimum absolute atomic E-state index is 0.0705. The summed E-state index contributed by atoms with van der Waals surface area (Å²) in [7, 11) is 0.